The molecule has 0 radical (unpaired) electrons. The van der Waals surface area contributed by atoms with E-state index in [-0.39, 0.29) is 59.6 Å². The first-order chi connectivity index (χ1) is 27.1. The predicted molar refractivity (Wildman–Crippen MR) is 220 cm³/mol. The standard InChI is InChI=1S/C43H72N6O8/c1-12-28(6)38(48(9)43(54)37(27(4)5)47-41(52)36(44-8)26(2)3)35(55-10)25-34(50)31-20-21-32(45-31)39(56-11)29(7)40(51)46-33(24-30-18-14-13-15-19-30)42(53)49-22-16-17-23-57-49/h13-15,18-19,26-29,31-33,35-39,44-45H,12,16-17,20-25H2,1-11H3,(H,46,51)(H,47,52)/t28-,29+,31?,32-,33+,35+,36-,37-,38-,39+/m0/s1. The van der Waals surface area contributed by atoms with E-state index < -0.39 is 48.3 Å². The number of carbonyl (C=O) groups is 5. The zero-order valence-corrected chi connectivity index (χ0v) is 36.3. The van der Waals surface area contributed by atoms with Gasteiger partial charge >= 0.3 is 0 Å². The zero-order chi connectivity index (χ0) is 42.4. The van der Waals surface area contributed by atoms with Crippen LogP contribution in [0.2, 0.25) is 0 Å². The molecule has 2 heterocycles. The van der Waals surface area contributed by atoms with E-state index in [0.717, 1.165) is 24.8 Å². The van der Waals surface area contributed by atoms with Crippen molar-refractivity contribution in [2.45, 2.75) is 142 Å². The van der Waals surface area contributed by atoms with E-state index in [4.69, 9.17) is 14.3 Å². The topological polar surface area (TPSA) is 168 Å². The summed E-state index contributed by atoms with van der Waals surface area (Å²) in [4.78, 5) is 76.1. The average molecular weight is 801 g/mol. The van der Waals surface area contributed by atoms with Crippen molar-refractivity contribution in [2.75, 3.05) is 41.5 Å². The second-order valence-corrected chi connectivity index (χ2v) is 16.6. The first-order valence-electron chi connectivity index (χ1n) is 21.0. The van der Waals surface area contributed by atoms with Gasteiger partial charge in [0.15, 0.2) is 5.78 Å². The van der Waals surface area contributed by atoms with E-state index in [2.05, 4.69) is 21.3 Å². The number of nitrogens with zero attached hydrogens (tertiary/aromatic N) is 2. The minimum Gasteiger partial charge on any atom is -0.379 e. The Morgan fingerprint density at radius 1 is 0.912 bits per heavy atom. The molecule has 10 atom stereocenters. The summed E-state index contributed by atoms with van der Waals surface area (Å²) in [6.07, 6.45) is 2.81. The van der Waals surface area contributed by atoms with Gasteiger partial charge in [-0.2, -0.15) is 0 Å². The van der Waals surface area contributed by atoms with E-state index in [1.165, 1.54) is 5.06 Å². The number of hydrogen-bond donors (Lipinski definition) is 4. The van der Waals surface area contributed by atoms with Gasteiger partial charge in [0.2, 0.25) is 17.7 Å². The number of hydrogen-bond acceptors (Lipinski definition) is 10. The first-order valence-corrected chi connectivity index (χ1v) is 21.0. The van der Waals surface area contributed by atoms with Crippen molar-refractivity contribution in [3.63, 3.8) is 0 Å². The average Bonchev–Trinajstić information content (AvgIpc) is 3.69. The van der Waals surface area contributed by atoms with Gasteiger partial charge in [-0.15, -0.1) is 0 Å². The summed E-state index contributed by atoms with van der Waals surface area (Å²) in [5, 5.41) is 13.8. The number of carbonyl (C=O) groups excluding carboxylic acids is 5. The van der Waals surface area contributed by atoms with Gasteiger partial charge in [0.05, 0.1) is 42.9 Å². The summed E-state index contributed by atoms with van der Waals surface area (Å²) in [6.45, 7) is 14.5. The van der Waals surface area contributed by atoms with Crippen molar-refractivity contribution < 1.29 is 38.3 Å². The lowest BCUT2D eigenvalue weighted by molar-refractivity contribution is -0.199. The third kappa shape index (κ3) is 13.0. The molecule has 322 valence electrons. The number of likely N-dealkylation sites (N-methyl/N-ethyl adjacent to an activating group) is 2. The number of hydroxylamine groups is 2. The van der Waals surface area contributed by atoms with Crippen LogP contribution in [-0.2, 0) is 44.7 Å². The van der Waals surface area contributed by atoms with Gasteiger partial charge in [-0.1, -0.05) is 85.2 Å². The lowest BCUT2D eigenvalue weighted by Crippen LogP contribution is -2.59. The molecular weight excluding hydrogens is 729 g/mol. The van der Waals surface area contributed by atoms with Gasteiger partial charge in [-0.05, 0) is 56.0 Å². The van der Waals surface area contributed by atoms with Gasteiger partial charge in [-0.3, -0.25) is 28.8 Å². The Labute approximate surface area is 341 Å². The van der Waals surface area contributed by atoms with Crippen molar-refractivity contribution in [1.29, 1.82) is 0 Å². The molecule has 1 unspecified atom stereocenters. The minimum absolute atomic E-state index is 0.0125. The summed E-state index contributed by atoms with van der Waals surface area (Å²) < 4.78 is 11.9. The Hall–Kier alpha value is -3.43. The highest BCUT2D eigenvalue weighted by molar-refractivity contribution is 5.91. The largest absolute Gasteiger partial charge is 0.379 e. The normalized spacial score (nSPS) is 21.5. The minimum atomic E-state index is -0.823. The van der Waals surface area contributed by atoms with Crippen LogP contribution in [0.4, 0.5) is 0 Å². The van der Waals surface area contributed by atoms with Crippen LogP contribution in [0.1, 0.15) is 92.6 Å². The third-order valence-corrected chi connectivity index (χ3v) is 11.9. The Balaban J connectivity index is 1.71. The number of rotatable bonds is 22. The number of Topliss-reactive ketones (excluding diaryl/α,β-unsaturated/α-hetero) is 1. The second-order valence-electron chi connectivity index (χ2n) is 16.6. The number of methoxy groups -OCH3 is 2. The molecule has 4 amide bonds. The summed E-state index contributed by atoms with van der Waals surface area (Å²) in [5.41, 5.74) is 0.916. The Morgan fingerprint density at radius 2 is 1.58 bits per heavy atom. The van der Waals surface area contributed by atoms with Crippen molar-refractivity contribution in [1.82, 2.24) is 31.2 Å². The quantitative estimate of drug-likeness (QED) is 0.137. The molecule has 0 saturated carbocycles. The summed E-state index contributed by atoms with van der Waals surface area (Å²) in [5.74, 6) is -1.93. The van der Waals surface area contributed by atoms with Crippen LogP contribution in [0.15, 0.2) is 30.3 Å². The Bertz CT molecular complexity index is 1440. The van der Waals surface area contributed by atoms with Gasteiger partial charge in [0.25, 0.3) is 5.91 Å². The van der Waals surface area contributed by atoms with Crippen molar-refractivity contribution >= 4 is 29.4 Å². The van der Waals surface area contributed by atoms with E-state index in [1.54, 1.807) is 40.1 Å². The van der Waals surface area contributed by atoms with Crippen molar-refractivity contribution in [3.05, 3.63) is 35.9 Å². The van der Waals surface area contributed by atoms with Crippen LogP contribution >= 0.6 is 0 Å². The van der Waals surface area contributed by atoms with E-state index in [0.29, 0.717) is 32.4 Å². The number of nitrogens with one attached hydrogen (secondary N) is 4. The monoisotopic (exact) mass is 801 g/mol. The molecule has 4 N–H and O–H groups in total. The van der Waals surface area contributed by atoms with Crippen molar-refractivity contribution in [2.24, 2.45) is 23.7 Å². The maximum atomic E-state index is 14.1. The maximum absolute atomic E-state index is 14.1. The van der Waals surface area contributed by atoms with Gasteiger partial charge in [0, 0.05) is 46.7 Å². The number of ketones is 1. The molecule has 0 bridgehead atoms. The molecule has 2 saturated heterocycles. The molecule has 2 aliphatic heterocycles. The highest BCUT2D eigenvalue weighted by Crippen LogP contribution is 2.27. The van der Waals surface area contributed by atoms with Crippen LogP contribution < -0.4 is 21.3 Å². The zero-order valence-electron chi connectivity index (χ0n) is 36.3. The SMILES string of the molecule is CC[C@H](C)[C@@H]([C@@H](CC(=O)C1CC[C@@H]([C@H](OC)[C@@H](C)C(=O)N[C@H](Cc2ccccc2)C(=O)N2CCCCO2)N1)OC)N(C)C(=O)[C@@H](NC(=O)[C@@H](NC)C(C)C)C(C)C. The summed E-state index contributed by atoms with van der Waals surface area (Å²) in [7, 11) is 6.58. The fraction of sp³-hybridized carbons (Fsp3) is 0.744. The molecule has 0 aromatic heterocycles. The maximum Gasteiger partial charge on any atom is 0.269 e. The lowest BCUT2D eigenvalue weighted by atomic mass is 9.88. The summed E-state index contributed by atoms with van der Waals surface area (Å²) in [6, 6.07) is 6.30. The highest BCUT2D eigenvalue weighted by Gasteiger charge is 2.42. The van der Waals surface area contributed by atoms with Gasteiger partial charge in [0.1, 0.15) is 12.1 Å². The number of amides is 4. The smallest absolute Gasteiger partial charge is 0.269 e. The fourth-order valence-corrected chi connectivity index (χ4v) is 8.26. The Kier molecular flexibility index (Phi) is 19.5. The van der Waals surface area contributed by atoms with Crippen molar-refractivity contribution in [3.8, 4) is 0 Å². The van der Waals surface area contributed by atoms with Gasteiger partial charge < -0.3 is 35.6 Å². The first kappa shape index (κ1) is 47.9. The van der Waals surface area contributed by atoms with Gasteiger partial charge in [-0.25, -0.2) is 5.06 Å². The van der Waals surface area contributed by atoms with Crippen LogP contribution in [-0.4, -0.2) is 129 Å². The van der Waals surface area contributed by atoms with E-state index >= 15 is 0 Å². The van der Waals surface area contributed by atoms with E-state index in [1.807, 2.05) is 71.9 Å². The molecule has 1 aromatic carbocycles. The van der Waals surface area contributed by atoms with Crippen LogP contribution in [0, 0.1) is 23.7 Å². The predicted octanol–water partition coefficient (Wildman–Crippen LogP) is 3.27. The molecular formula is C43H72N6O8. The molecule has 1 aromatic rings. The molecule has 57 heavy (non-hydrogen) atoms. The molecule has 3 rings (SSSR count). The lowest BCUT2D eigenvalue weighted by Gasteiger charge is -2.40. The Morgan fingerprint density at radius 3 is 2.12 bits per heavy atom. The molecule has 2 fully saturated rings. The van der Waals surface area contributed by atoms with Crippen LogP contribution in [0.5, 0.6) is 0 Å². The number of ether oxygens (including phenoxy) is 2. The third-order valence-electron chi connectivity index (χ3n) is 11.9. The highest BCUT2D eigenvalue weighted by atomic mass is 16.7. The number of benzene rings is 1. The molecule has 2 aliphatic rings. The summed E-state index contributed by atoms with van der Waals surface area (Å²) >= 11 is 0. The molecule has 14 nitrogen and oxygen atoms in total. The van der Waals surface area contributed by atoms with E-state index in [9.17, 15) is 24.0 Å². The van der Waals surface area contributed by atoms with Crippen LogP contribution in [0.3, 0.4) is 0 Å². The molecule has 14 heteroatoms. The molecule has 0 spiro atoms. The second kappa shape index (κ2) is 23.2. The van der Waals surface area contributed by atoms with Crippen LogP contribution in [0.25, 0.3) is 0 Å². The molecule has 0 aliphatic carbocycles. The fourth-order valence-electron chi connectivity index (χ4n) is 8.26.